The smallest absolute Gasteiger partial charge is 0.229 e. The molecule has 0 atom stereocenters. The van der Waals surface area contributed by atoms with Crippen LogP contribution in [0.3, 0.4) is 0 Å². The van der Waals surface area contributed by atoms with Gasteiger partial charge in [0, 0.05) is 18.7 Å². The Morgan fingerprint density at radius 2 is 1.75 bits per heavy atom. The Hall–Kier alpha value is -1.31. The highest BCUT2D eigenvalue weighted by molar-refractivity contribution is 5.95. The lowest BCUT2D eigenvalue weighted by molar-refractivity contribution is -0.119. The minimum atomic E-state index is 0.256. The number of hydrogen-bond acceptors (Lipinski definition) is 1. The molecular formula is C14H21NO. The number of para-hydroxylation sites is 1. The number of carbonyl (C=O) groups is 1. The maximum absolute atomic E-state index is 11.6. The lowest BCUT2D eigenvalue weighted by Crippen LogP contribution is -2.27. The molecule has 16 heavy (non-hydrogen) atoms. The van der Waals surface area contributed by atoms with E-state index in [2.05, 4.69) is 13.8 Å². The minimum absolute atomic E-state index is 0.256. The molecule has 2 nitrogen and oxygen atoms in total. The van der Waals surface area contributed by atoms with Gasteiger partial charge in [0.15, 0.2) is 0 Å². The van der Waals surface area contributed by atoms with Crippen molar-refractivity contribution in [3.8, 4) is 0 Å². The Bertz CT molecular complexity index is 317. The number of amides is 1. The predicted molar refractivity (Wildman–Crippen MR) is 68.5 cm³/mol. The van der Waals surface area contributed by atoms with Gasteiger partial charge in [-0.15, -0.1) is 0 Å². The van der Waals surface area contributed by atoms with E-state index in [9.17, 15) is 4.79 Å². The molecule has 0 aromatic heterocycles. The summed E-state index contributed by atoms with van der Waals surface area (Å²) in [6.07, 6.45) is 3.38. The molecule has 1 amide bonds. The summed E-state index contributed by atoms with van der Waals surface area (Å²) in [6.45, 7) is 4.25. The highest BCUT2D eigenvalue weighted by Crippen LogP contribution is 2.31. The van der Waals surface area contributed by atoms with Crippen LogP contribution in [-0.2, 0) is 4.79 Å². The zero-order valence-electron chi connectivity index (χ0n) is 10.4. The summed E-state index contributed by atoms with van der Waals surface area (Å²) in [4.78, 5) is 13.4. The van der Waals surface area contributed by atoms with Crippen molar-refractivity contribution in [1.82, 2.24) is 0 Å². The van der Waals surface area contributed by atoms with Crippen LogP contribution in [0.4, 0.5) is 5.69 Å². The summed E-state index contributed by atoms with van der Waals surface area (Å²) in [5.41, 5.74) is 0.986. The van der Waals surface area contributed by atoms with Crippen LogP contribution in [0, 0.1) is 5.92 Å². The molecule has 0 heterocycles. The Morgan fingerprint density at radius 3 is 2.19 bits per heavy atom. The third-order valence-corrected chi connectivity index (χ3v) is 2.40. The molecule has 0 N–H and O–H groups in total. The molecule has 2 rings (SSSR count). The quantitative estimate of drug-likeness (QED) is 0.745. The van der Waals surface area contributed by atoms with Crippen molar-refractivity contribution < 1.29 is 4.79 Å². The van der Waals surface area contributed by atoms with E-state index in [1.54, 1.807) is 4.90 Å². The molecule has 0 aliphatic heterocycles. The summed E-state index contributed by atoms with van der Waals surface area (Å²) >= 11 is 0. The van der Waals surface area contributed by atoms with Crippen LogP contribution in [-0.4, -0.2) is 13.0 Å². The predicted octanol–water partition coefficient (Wildman–Crippen LogP) is 3.48. The fourth-order valence-corrected chi connectivity index (χ4v) is 1.38. The van der Waals surface area contributed by atoms with Gasteiger partial charge in [0.25, 0.3) is 0 Å². The molecule has 0 spiro atoms. The number of anilines is 1. The molecule has 1 saturated carbocycles. The maximum Gasteiger partial charge on any atom is 0.229 e. The number of nitrogens with zero attached hydrogens (tertiary/aromatic N) is 1. The standard InChI is InChI=1S/C11H13NO.C3H8/c1-12(11(13)9-7-8-9)10-5-3-2-4-6-10;1-3-2/h2-6,9H,7-8H2,1H3;3H2,1-2H3. The van der Waals surface area contributed by atoms with Crippen molar-refractivity contribution in [2.24, 2.45) is 5.92 Å². The molecule has 0 bridgehead atoms. The Morgan fingerprint density at radius 1 is 1.25 bits per heavy atom. The summed E-state index contributed by atoms with van der Waals surface area (Å²) in [5, 5.41) is 0. The molecule has 1 aliphatic carbocycles. The van der Waals surface area contributed by atoms with Crippen molar-refractivity contribution in [3.63, 3.8) is 0 Å². The summed E-state index contributed by atoms with van der Waals surface area (Å²) in [5.74, 6) is 0.552. The van der Waals surface area contributed by atoms with Crippen molar-refractivity contribution in [2.75, 3.05) is 11.9 Å². The van der Waals surface area contributed by atoms with E-state index in [1.807, 2.05) is 37.4 Å². The van der Waals surface area contributed by atoms with Crippen LogP contribution in [0.25, 0.3) is 0 Å². The van der Waals surface area contributed by atoms with Gasteiger partial charge < -0.3 is 4.90 Å². The van der Waals surface area contributed by atoms with E-state index in [1.165, 1.54) is 6.42 Å². The highest BCUT2D eigenvalue weighted by Gasteiger charge is 2.32. The summed E-state index contributed by atoms with van der Waals surface area (Å²) in [7, 11) is 1.84. The molecule has 0 radical (unpaired) electrons. The first-order valence-electron chi connectivity index (χ1n) is 6.03. The molecule has 0 unspecified atom stereocenters. The van der Waals surface area contributed by atoms with Crippen LogP contribution in [0.5, 0.6) is 0 Å². The Kier molecular flexibility index (Phi) is 5.03. The second-order valence-electron chi connectivity index (χ2n) is 4.21. The van der Waals surface area contributed by atoms with Crippen LogP contribution in [0.2, 0.25) is 0 Å². The van der Waals surface area contributed by atoms with Crippen molar-refractivity contribution >= 4 is 11.6 Å². The summed E-state index contributed by atoms with van der Waals surface area (Å²) < 4.78 is 0. The highest BCUT2D eigenvalue weighted by atomic mass is 16.2. The molecule has 0 saturated heterocycles. The molecule has 2 heteroatoms. The molecule has 1 fully saturated rings. The van der Waals surface area contributed by atoms with Crippen LogP contribution in [0.15, 0.2) is 30.3 Å². The Labute approximate surface area is 98.3 Å². The van der Waals surface area contributed by atoms with E-state index in [0.29, 0.717) is 5.92 Å². The fourth-order valence-electron chi connectivity index (χ4n) is 1.38. The largest absolute Gasteiger partial charge is 0.315 e. The van der Waals surface area contributed by atoms with E-state index in [-0.39, 0.29) is 5.91 Å². The van der Waals surface area contributed by atoms with E-state index >= 15 is 0 Å². The van der Waals surface area contributed by atoms with Crippen LogP contribution >= 0.6 is 0 Å². The lowest BCUT2D eigenvalue weighted by atomic mass is 10.2. The third kappa shape index (κ3) is 3.69. The van der Waals surface area contributed by atoms with Gasteiger partial charge in [-0.05, 0) is 25.0 Å². The van der Waals surface area contributed by atoms with E-state index in [0.717, 1.165) is 18.5 Å². The van der Waals surface area contributed by atoms with Crippen molar-refractivity contribution in [1.29, 1.82) is 0 Å². The molecule has 1 aromatic rings. The maximum atomic E-state index is 11.6. The monoisotopic (exact) mass is 219 g/mol. The molecule has 88 valence electrons. The third-order valence-electron chi connectivity index (χ3n) is 2.40. The fraction of sp³-hybridized carbons (Fsp3) is 0.500. The SMILES string of the molecule is CCC.CN(C(=O)C1CC1)c1ccccc1. The van der Waals surface area contributed by atoms with Gasteiger partial charge >= 0.3 is 0 Å². The zero-order valence-corrected chi connectivity index (χ0v) is 10.4. The minimum Gasteiger partial charge on any atom is -0.315 e. The van der Waals surface area contributed by atoms with E-state index < -0.39 is 0 Å². The van der Waals surface area contributed by atoms with Crippen LogP contribution < -0.4 is 4.90 Å². The molecule has 1 aliphatic rings. The van der Waals surface area contributed by atoms with Gasteiger partial charge in [-0.1, -0.05) is 38.5 Å². The van der Waals surface area contributed by atoms with Gasteiger partial charge in [-0.25, -0.2) is 0 Å². The van der Waals surface area contributed by atoms with Crippen molar-refractivity contribution in [3.05, 3.63) is 30.3 Å². The second kappa shape index (κ2) is 6.31. The molecule has 1 aromatic carbocycles. The molecular weight excluding hydrogens is 198 g/mol. The lowest BCUT2D eigenvalue weighted by Gasteiger charge is -2.16. The second-order valence-corrected chi connectivity index (χ2v) is 4.21. The van der Waals surface area contributed by atoms with E-state index in [4.69, 9.17) is 0 Å². The number of carbonyl (C=O) groups excluding carboxylic acids is 1. The average molecular weight is 219 g/mol. The number of benzene rings is 1. The number of rotatable bonds is 2. The van der Waals surface area contributed by atoms with Gasteiger partial charge in [-0.2, -0.15) is 0 Å². The zero-order chi connectivity index (χ0) is 12.0. The number of hydrogen-bond donors (Lipinski definition) is 0. The van der Waals surface area contributed by atoms with Gasteiger partial charge in [0.1, 0.15) is 0 Å². The summed E-state index contributed by atoms with van der Waals surface area (Å²) in [6, 6.07) is 9.78. The van der Waals surface area contributed by atoms with Gasteiger partial charge in [0.05, 0.1) is 0 Å². The van der Waals surface area contributed by atoms with Gasteiger partial charge in [0.2, 0.25) is 5.91 Å². The first kappa shape index (κ1) is 12.8. The van der Waals surface area contributed by atoms with Gasteiger partial charge in [-0.3, -0.25) is 4.79 Å². The van der Waals surface area contributed by atoms with Crippen molar-refractivity contribution in [2.45, 2.75) is 33.1 Å². The normalized spacial score (nSPS) is 13.7. The average Bonchev–Trinajstić information content (AvgIpc) is 3.13. The Balaban J connectivity index is 0.000000386. The van der Waals surface area contributed by atoms with Crippen LogP contribution in [0.1, 0.15) is 33.1 Å². The first-order chi connectivity index (χ1) is 7.70. The first-order valence-corrected chi connectivity index (χ1v) is 6.03. The topological polar surface area (TPSA) is 20.3 Å².